The molecule has 0 heterocycles. The molecule has 0 radical (unpaired) electrons. The summed E-state index contributed by atoms with van der Waals surface area (Å²) in [6.07, 6.45) is 0. The first-order valence-electron chi connectivity index (χ1n) is 6.02. The molecule has 24 heavy (non-hydrogen) atoms. The van der Waals surface area contributed by atoms with E-state index in [1.165, 1.54) is 21.1 Å². The molecule has 2 rings (SSSR count). The molecule has 0 bridgehead atoms. The van der Waals surface area contributed by atoms with Crippen molar-refractivity contribution in [2.45, 2.75) is 9.79 Å². The molecule has 0 spiro atoms. The molecular formula is C15H5BrF3IN2S2. The smallest absolute Gasteiger partial charge is 0.184 e. The molecule has 0 atom stereocenters. The topological polar surface area (TPSA) is 49.8 Å². The minimum Gasteiger partial charge on any atom is -0.395 e. The zero-order valence-electron chi connectivity index (χ0n) is 11.5. The molecule has 2 aromatic rings. The monoisotopic (exact) mass is 540 g/mol. The van der Waals surface area contributed by atoms with Crippen molar-refractivity contribution in [2.75, 3.05) is 5.73 Å². The number of nitrogen functional groups attached to an aromatic ring is 1. The Morgan fingerprint density at radius 1 is 1.21 bits per heavy atom. The van der Waals surface area contributed by atoms with E-state index in [2.05, 4.69) is 27.1 Å². The van der Waals surface area contributed by atoms with Crippen molar-refractivity contribution in [1.29, 1.82) is 5.26 Å². The van der Waals surface area contributed by atoms with Gasteiger partial charge >= 0.3 is 0 Å². The highest BCUT2D eigenvalue weighted by molar-refractivity contribution is 14.2. The number of nitriles is 1. The Kier molecular flexibility index (Phi) is 6.75. The maximum absolute atomic E-state index is 14.3. The number of halogens is 5. The van der Waals surface area contributed by atoms with Gasteiger partial charge in [0.15, 0.2) is 11.6 Å². The second kappa shape index (κ2) is 8.39. The van der Waals surface area contributed by atoms with Gasteiger partial charge in [0.2, 0.25) is 0 Å². The van der Waals surface area contributed by atoms with E-state index in [-0.39, 0.29) is 20.5 Å². The van der Waals surface area contributed by atoms with Gasteiger partial charge in [0.25, 0.3) is 0 Å². The van der Waals surface area contributed by atoms with Crippen molar-refractivity contribution >= 4 is 63.5 Å². The van der Waals surface area contributed by atoms with Crippen LogP contribution in [0.5, 0.6) is 0 Å². The van der Waals surface area contributed by atoms with Gasteiger partial charge in [0.05, 0.1) is 26.2 Å². The van der Waals surface area contributed by atoms with Crippen LogP contribution in [0.2, 0.25) is 0 Å². The number of nitrogens with zero attached hydrogens (tertiary/aromatic N) is 1. The molecule has 0 aliphatic rings. The zero-order valence-corrected chi connectivity index (χ0v) is 16.8. The summed E-state index contributed by atoms with van der Waals surface area (Å²) < 4.78 is 41.9. The molecule has 0 fully saturated rings. The van der Waals surface area contributed by atoms with Crippen LogP contribution in [-0.2, 0) is 0 Å². The van der Waals surface area contributed by atoms with Crippen molar-refractivity contribution in [3.8, 4) is 17.2 Å². The molecule has 0 aliphatic heterocycles. The van der Waals surface area contributed by atoms with Crippen LogP contribution in [0.3, 0.4) is 0 Å². The summed E-state index contributed by atoms with van der Waals surface area (Å²) in [6.45, 7) is 0. The highest BCUT2D eigenvalue weighted by Gasteiger charge is 2.22. The van der Waals surface area contributed by atoms with Gasteiger partial charge in [-0.1, -0.05) is 17.7 Å². The number of hydrogen-bond donors (Lipinski definition) is 1. The molecule has 2 nitrogen and oxygen atoms in total. The third kappa shape index (κ3) is 3.97. The number of anilines is 1. The Labute approximate surface area is 165 Å². The molecule has 0 saturated heterocycles. The van der Waals surface area contributed by atoms with Crippen LogP contribution >= 0.6 is 57.8 Å². The fourth-order valence-electron chi connectivity index (χ4n) is 1.71. The van der Waals surface area contributed by atoms with E-state index in [4.69, 9.17) is 11.0 Å². The third-order valence-corrected chi connectivity index (χ3v) is 5.78. The van der Waals surface area contributed by atoms with Crippen LogP contribution in [0.25, 0.3) is 0 Å². The predicted octanol–water partition coefficient (Wildman–Crippen LogP) is 5.86. The number of rotatable bonds is 2. The van der Waals surface area contributed by atoms with Crippen LogP contribution in [0.1, 0.15) is 11.1 Å². The van der Waals surface area contributed by atoms with Gasteiger partial charge in [-0.3, -0.25) is 0 Å². The van der Waals surface area contributed by atoms with E-state index in [0.717, 1.165) is 17.8 Å². The Bertz CT molecular complexity index is 920. The van der Waals surface area contributed by atoms with Crippen molar-refractivity contribution < 1.29 is 13.2 Å². The van der Waals surface area contributed by atoms with E-state index >= 15 is 0 Å². The Morgan fingerprint density at radius 2 is 1.92 bits per heavy atom. The molecular weight excluding hydrogens is 536 g/mol. The normalized spacial score (nSPS) is 10.0. The largest absolute Gasteiger partial charge is 0.395 e. The summed E-state index contributed by atoms with van der Waals surface area (Å²) in [5.74, 6) is -0.368. The maximum Gasteiger partial charge on any atom is 0.184 e. The van der Waals surface area contributed by atoms with Gasteiger partial charge in [-0.05, 0) is 48.3 Å². The maximum atomic E-state index is 14.3. The molecule has 0 unspecified atom stereocenters. The van der Waals surface area contributed by atoms with Gasteiger partial charge in [-0.25, -0.2) is 13.2 Å². The van der Waals surface area contributed by atoms with Crippen LogP contribution in [0.4, 0.5) is 18.9 Å². The average molecular weight is 541 g/mol. The van der Waals surface area contributed by atoms with E-state index < -0.39 is 23.1 Å². The van der Waals surface area contributed by atoms with E-state index in [0.29, 0.717) is 4.90 Å². The predicted molar refractivity (Wildman–Crippen MR) is 102 cm³/mol. The number of benzene rings is 2. The van der Waals surface area contributed by atoms with Crippen molar-refractivity contribution in [3.05, 3.63) is 51.3 Å². The summed E-state index contributed by atoms with van der Waals surface area (Å²) in [4.78, 5) is 0.291. The summed E-state index contributed by atoms with van der Waals surface area (Å²) in [6, 6.07) is 5.41. The van der Waals surface area contributed by atoms with E-state index in [1.807, 2.05) is 21.2 Å². The molecule has 2 aromatic carbocycles. The van der Waals surface area contributed by atoms with Gasteiger partial charge < -0.3 is 5.73 Å². The first-order chi connectivity index (χ1) is 11.4. The van der Waals surface area contributed by atoms with Gasteiger partial charge in [0.1, 0.15) is 11.9 Å². The molecule has 0 aromatic heterocycles. The highest BCUT2D eigenvalue weighted by Crippen LogP contribution is 2.41. The lowest BCUT2D eigenvalue weighted by atomic mass is 10.2. The van der Waals surface area contributed by atoms with E-state index in [9.17, 15) is 13.2 Å². The first kappa shape index (κ1) is 19.3. The highest BCUT2D eigenvalue weighted by atomic mass is 127. The lowest BCUT2D eigenvalue weighted by molar-refractivity contribution is 0.493. The standard InChI is InChI=1S/C15H5BrF3IN2S2/c16-11-9(3-4-23-20)14(22)12(18)13(19)15(11)24-8-1-2-10(17)7(5-8)6-21/h1-2,5H,22H2. The average Bonchev–Trinajstić information content (AvgIpc) is 2.58. The Hall–Kier alpha value is -1.01. The number of hydrogen-bond acceptors (Lipinski definition) is 4. The molecule has 0 saturated carbocycles. The lowest BCUT2D eigenvalue weighted by Gasteiger charge is -2.12. The molecule has 9 heteroatoms. The van der Waals surface area contributed by atoms with Crippen molar-refractivity contribution in [3.63, 3.8) is 0 Å². The summed E-state index contributed by atoms with van der Waals surface area (Å²) in [7, 11) is 1.17. The van der Waals surface area contributed by atoms with E-state index in [1.54, 1.807) is 6.07 Å². The summed E-state index contributed by atoms with van der Waals surface area (Å²) in [5.41, 5.74) is 5.14. The Morgan fingerprint density at radius 3 is 2.54 bits per heavy atom. The first-order valence-corrected chi connectivity index (χ1v) is 11.0. The summed E-state index contributed by atoms with van der Waals surface area (Å²) >= 11 is 5.97. The summed E-state index contributed by atoms with van der Waals surface area (Å²) in [5, 5.41) is 11.5. The third-order valence-electron chi connectivity index (χ3n) is 2.81. The van der Waals surface area contributed by atoms with Crippen molar-refractivity contribution in [2.24, 2.45) is 0 Å². The molecule has 2 N–H and O–H groups in total. The van der Waals surface area contributed by atoms with Crippen molar-refractivity contribution in [1.82, 2.24) is 0 Å². The molecule has 0 amide bonds. The van der Waals surface area contributed by atoms with Gasteiger partial charge in [-0.2, -0.15) is 5.26 Å². The fourth-order valence-corrected chi connectivity index (χ4v) is 3.83. The minimum absolute atomic E-state index is 0.0834. The molecule has 0 aliphatic carbocycles. The molecule has 122 valence electrons. The van der Waals surface area contributed by atoms with Gasteiger partial charge in [-0.15, -0.1) is 0 Å². The Balaban J connectivity index is 2.59. The van der Waals surface area contributed by atoms with Crippen LogP contribution in [0, 0.1) is 40.0 Å². The zero-order chi connectivity index (χ0) is 17.9. The second-order valence-electron chi connectivity index (χ2n) is 4.22. The fraction of sp³-hybridized carbons (Fsp3) is 0. The van der Waals surface area contributed by atoms with Gasteiger partial charge in [0, 0.05) is 26.1 Å². The number of nitrogens with two attached hydrogens (primary N) is 1. The van der Waals surface area contributed by atoms with Crippen LogP contribution < -0.4 is 5.73 Å². The van der Waals surface area contributed by atoms with Crippen LogP contribution in [0.15, 0.2) is 32.5 Å². The SMILES string of the molecule is N#Cc1cc(Sc2c(F)c(F)c(N)c(C#CSI)c2Br)ccc1F. The quantitative estimate of drug-likeness (QED) is 0.224. The lowest BCUT2D eigenvalue weighted by Crippen LogP contribution is -2.02. The second-order valence-corrected chi connectivity index (χ2v) is 7.78. The minimum atomic E-state index is -1.20. The van der Waals surface area contributed by atoms with Crippen LogP contribution in [-0.4, -0.2) is 0 Å².